The number of hydrogen-bond acceptors (Lipinski definition) is 5. The highest BCUT2D eigenvalue weighted by molar-refractivity contribution is 5.92. The molecular formula is C29H38N4O3. The second-order valence-corrected chi connectivity index (χ2v) is 10.7. The fraction of sp³-hybridized carbons (Fsp3) is 0.552. The van der Waals surface area contributed by atoms with E-state index in [4.69, 9.17) is 4.74 Å². The van der Waals surface area contributed by atoms with Gasteiger partial charge in [-0.3, -0.25) is 10.1 Å². The summed E-state index contributed by atoms with van der Waals surface area (Å²) in [5, 5.41) is 17.7. The van der Waals surface area contributed by atoms with E-state index in [9.17, 15) is 14.9 Å². The minimum Gasteiger partial charge on any atom is -0.436 e. The zero-order chi connectivity index (χ0) is 25.5. The van der Waals surface area contributed by atoms with E-state index in [0.29, 0.717) is 24.6 Å². The maximum absolute atomic E-state index is 13.9. The van der Waals surface area contributed by atoms with Gasteiger partial charge in [-0.1, -0.05) is 50.6 Å². The molecular weight excluding hydrogens is 452 g/mol. The summed E-state index contributed by atoms with van der Waals surface area (Å²) in [4.78, 5) is 28.7. The second-order valence-electron chi connectivity index (χ2n) is 10.7. The van der Waals surface area contributed by atoms with Gasteiger partial charge < -0.3 is 15.0 Å². The molecule has 7 heteroatoms. The lowest BCUT2D eigenvalue weighted by Gasteiger charge is -2.36. The molecule has 4 unspecified atom stereocenters. The lowest BCUT2D eigenvalue weighted by atomic mass is 9.81. The van der Waals surface area contributed by atoms with Crippen LogP contribution in [-0.4, -0.2) is 48.7 Å². The first kappa shape index (κ1) is 26.0. The van der Waals surface area contributed by atoms with Gasteiger partial charge in [0.25, 0.3) is 5.91 Å². The second kappa shape index (κ2) is 12.2. The highest BCUT2D eigenvalue weighted by Crippen LogP contribution is 2.31. The van der Waals surface area contributed by atoms with Gasteiger partial charge in [0.1, 0.15) is 0 Å². The standard InChI is InChI=1S/C29H38N4O3/c1-20(2)14-27(36-29(35)32-25-11-10-23-8-3-4-9-24(23)16-25)28(34)33(26-12-13-31-18-26)19-22-7-5-6-21(15-22)17-30/h3-4,8-11,16,20-22,26-27,31H,5-7,12-15,18-19H2,1-2H3,(H,32,35). The maximum atomic E-state index is 13.9. The highest BCUT2D eigenvalue weighted by atomic mass is 16.6. The number of anilines is 1. The predicted molar refractivity (Wildman–Crippen MR) is 141 cm³/mol. The van der Waals surface area contributed by atoms with E-state index < -0.39 is 12.2 Å². The molecule has 4 rings (SSSR count). The number of ether oxygens (including phenoxy) is 1. The third kappa shape index (κ3) is 6.76. The van der Waals surface area contributed by atoms with Gasteiger partial charge in [0.05, 0.1) is 6.07 Å². The van der Waals surface area contributed by atoms with Gasteiger partial charge in [0.2, 0.25) is 0 Å². The number of carbonyl (C=O) groups is 2. The molecule has 0 aromatic heterocycles. The number of carbonyl (C=O) groups excluding carboxylic acids is 2. The molecule has 1 saturated carbocycles. The lowest BCUT2D eigenvalue weighted by molar-refractivity contribution is -0.144. The Morgan fingerprint density at radius 1 is 1.17 bits per heavy atom. The van der Waals surface area contributed by atoms with Crippen LogP contribution in [-0.2, 0) is 9.53 Å². The Morgan fingerprint density at radius 2 is 1.97 bits per heavy atom. The maximum Gasteiger partial charge on any atom is 0.412 e. The summed E-state index contributed by atoms with van der Waals surface area (Å²) < 4.78 is 5.80. The van der Waals surface area contributed by atoms with Crippen molar-refractivity contribution in [1.82, 2.24) is 10.2 Å². The van der Waals surface area contributed by atoms with Crippen LogP contribution in [0, 0.1) is 29.1 Å². The van der Waals surface area contributed by atoms with Crippen molar-refractivity contribution in [2.75, 3.05) is 25.0 Å². The van der Waals surface area contributed by atoms with Crippen LogP contribution in [0.1, 0.15) is 52.4 Å². The fourth-order valence-corrected chi connectivity index (χ4v) is 5.53. The van der Waals surface area contributed by atoms with Crippen LogP contribution in [0.3, 0.4) is 0 Å². The van der Waals surface area contributed by atoms with Crippen LogP contribution >= 0.6 is 0 Å². The Kier molecular flexibility index (Phi) is 8.82. The number of nitrogens with zero attached hydrogens (tertiary/aromatic N) is 2. The van der Waals surface area contributed by atoms with Gasteiger partial charge in [-0.15, -0.1) is 0 Å². The third-order valence-electron chi connectivity index (χ3n) is 7.38. The van der Waals surface area contributed by atoms with Crippen molar-refractivity contribution in [1.29, 1.82) is 5.26 Å². The van der Waals surface area contributed by atoms with Crippen molar-refractivity contribution in [3.05, 3.63) is 42.5 Å². The van der Waals surface area contributed by atoms with E-state index in [1.807, 2.05) is 61.2 Å². The Balaban J connectivity index is 1.47. The molecule has 2 fully saturated rings. The number of fused-ring (bicyclic) bond motifs is 1. The lowest BCUT2D eigenvalue weighted by Crippen LogP contribution is -2.50. The highest BCUT2D eigenvalue weighted by Gasteiger charge is 2.36. The van der Waals surface area contributed by atoms with E-state index in [-0.39, 0.29) is 23.8 Å². The summed E-state index contributed by atoms with van der Waals surface area (Å²) >= 11 is 0. The molecule has 1 heterocycles. The SMILES string of the molecule is CC(C)CC(OC(=O)Nc1ccc2ccccc2c1)C(=O)N(CC1CCCC(C#N)C1)C1CCNC1. The molecule has 0 radical (unpaired) electrons. The number of nitriles is 1. The average molecular weight is 491 g/mol. The summed E-state index contributed by atoms with van der Waals surface area (Å²) in [6.45, 7) is 6.31. The minimum absolute atomic E-state index is 0.0675. The van der Waals surface area contributed by atoms with Crippen molar-refractivity contribution in [3.63, 3.8) is 0 Å². The normalized spacial score (nSPS) is 22.7. The van der Waals surface area contributed by atoms with Gasteiger partial charge in [-0.05, 0) is 73.4 Å². The van der Waals surface area contributed by atoms with Gasteiger partial charge >= 0.3 is 6.09 Å². The van der Waals surface area contributed by atoms with E-state index in [0.717, 1.165) is 56.0 Å². The largest absolute Gasteiger partial charge is 0.436 e. The molecule has 2 N–H and O–H groups in total. The molecule has 2 amide bonds. The molecule has 1 aliphatic heterocycles. The van der Waals surface area contributed by atoms with E-state index in [2.05, 4.69) is 16.7 Å². The predicted octanol–water partition coefficient (Wildman–Crippen LogP) is 5.32. The van der Waals surface area contributed by atoms with Crippen LogP contribution in [0.2, 0.25) is 0 Å². The molecule has 2 aromatic rings. The van der Waals surface area contributed by atoms with Gasteiger partial charge in [-0.2, -0.15) is 5.26 Å². The molecule has 0 bridgehead atoms. The average Bonchev–Trinajstić information content (AvgIpc) is 3.41. The van der Waals surface area contributed by atoms with Crippen LogP contribution in [0.25, 0.3) is 10.8 Å². The molecule has 36 heavy (non-hydrogen) atoms. The summed E-state index contributed by atoms with van der Waals surface area (Å²) in [5.74, 6) is 0.440. The summed E-state index contributed by atoms with van der Waals surface area (Å²) in [7, 11) is 0. The van der Waals surface area contributed by atoms with Crippen LogP contribution < -0.4 is 10.6 Å². The van der Waals surface area contributed by atoms with E-state index in [1.54, 1.807) is 0 Å². The molecule has 192 valence electrons. The van der Waals surface area contributed by atoms with E-state index in [1.165, 1.54) is 0 Å². The number of amides is 2. The molecule has 1 saturated heterocycles. The van der Waals surface area contributed by atoms with Crippen molar-refractivity contribution >= 4 is 28.5 Å². The summed E-state index contributed by atoms with van der Waals surface area (Å²) in [5.41, 5.74) is 0.635. The Morgan fingerprint density at radius 3 is 2.69 bits per heavy atom. The van der Waals surface area contributed by atoms with Crippen LogP contribution in [0.5, 0.6) is 0 Å². The third-order valence-corrected chi connectivity index (χ3v) is 7.38. The smallest absolute Gasteiger partial charge is 0.412 e. The first-order valence-electron chi connectivity index (χ1n) is 13.3. The summed E-state index contributed by atoms with van der Waals surface area (Å²) in [6, 6.07) is 16.2. The quantitative estimate of drug-likeness (QED) is 0.522. The van der Waals surface area contributed by atoms with Crippen molar-refractivity contribution in [2.45, 2.75) is 64.5 Å². The van der Waals surface area contributed by atoms with E-state index >= 15 is 0 Å². The molecule has 1 aliphatic carbocycles. The first-order valence-corrected chi connectivity index (χ1v) is 13.3. The fourth-order valence-electron chi connectivity index (χ4n) is 5.53. The van der Waals surface area contributed by atoms with Gasteiger partial charge in [0, 0.05) is 30.7 Å². The molecule has 2 aromatic carbocycles. The topological polar surface area (TPSA) is 94.5 Å². The zero-order valence-electron chi connectivity index (χ0n) is 21.4. The molecule has 0 spiro atoms. The van der Waals surface area contributed by atoms with Crippen molar-refractivity contribution < 1.29 is 14.3 Å². The minimum atomic E-state index is -0.846. The molecule has 7 nitrogen and oxygen atoms in total. The number of rotatable bonds is 8. The van der Waals surface area contributed by atoms with Crippen molar-refractivity contribution in [2.24, 2.45) is 17.8 Å². The Labute approximate surface area is 214 Å². The summed E-state index contributed by atoms with van der Waals surface area (Å²) in [6.07, 6.45) is 3.72. The first-order chi connectivity index (χ1) is 17.4. The van der Waals surface area contributed by atoms with Gasteiger partial charge in [-0.25, -0.2) is 4.79 Å². The number of benzene rings is 2. The van der Waals surface area contributed by atoms with Gasteiger partial charge in [0.15, 0.2) is 6.10 Å². The number of hydrogen-bond donors (Lipinski definition) is 2. The number of nitrogens with one attached hydrogen (secondary N) is 2. The monoisotopic (exact) mass is 490 g/mol. The zero-order valence-corrected chi connectivity index (χ0v) is 21.4. The van der Waals surface area contributed by atoms with Crippen LogP contribution in [0.4, 0.5) is 10.5 Å². The molecule has 4 atom stereocenters. The Bertz CT molecular complexity index is 1090. The van der Waals surface area contributed by atoms with Crippen molar-refractivity contribution in [3.8, 4) is 6.07 Å². The molecule has 2 aliphatic rings. The van der Waals surface area contributed by atoms with Crippen LogP contribution in [0.15, 0.2) is 42.5 Å². The Hall–Kier alpha value is -3.11.